The molecular formula is C78H120O16. The lowest BCUT2D eigenvalue weighted by Crippen LogP contribution is -2.45. The molecule has 0 N–H and O–H groups in total. The van der Waals surface area contributed by atoms with Crippen LogP contribution in [0.5, 0.6) is 0 Å². The molecule has 8 saturated heterocycles. The summed E-state index contributed by atoms with van der Waals surface area (Å²) in [7, 11) is 0. The summed E-state index contributed by atoms with van der Waals surface area (Å²) < 4.78 is 89.2. The number of rotatable bonds is 36. The Morgan fingerprint density at radius 3 is 0.564 bits per heavy atom. The molecule has 0 aromatic heterocycles. The molecule has 0 radical (unpaired) electrons. The first kappa shape index (κ1) is 77.6. The summed E-state index contributed by atoms with van der Waals surface area (Å²) in [6, 6.07) is 34.0. The first-order valence-electron chi connectivity index (χ1n) is 34.1. The highest BCUT2D eigenvalue weighted by molar-refractivity contribution is 5.25. The molecule has 0 unspecified atom stereocenters. The minimum atomic E-state index is 0. The molecule has 8 aliphatic rings. The monoisotopic (exact) mass is 1310 g/mol. The van der Waals surface area contributed by atoms with Crippen LogP contribution in [0.1, 0.15) is 140 Å². The van der Waals surface area contributed by atoms with E-state index in [-0.39, 0.29) is 58.2 Å². The van der Waals surface area contributed by atoms with E-state index in [1.807, 2.05) is 0 Å². The van der Waals surface area contributed by atoms with Crippen molar-refractivity contribution < 1.29 is 75.8 Å². The van der Waals surface area contributed by atoms with Gasteiger partial charge in [-0.2, -0.15) is 0 Å². The Labute approximate surface area is 565 Å². The fourth-order valence-electron chi connectivity index (χ4n) is 11.5. The van der Waals surface area contributed by atoms with Crippen molar-refractivity contribution in [3.63, 3.8) is 0 Å². The zero-order valence-corrected chi connectivity index (χ0v) is 57.2. The minimum absolute atomic E-state index is 0. The molecule has 0 saturated carbocycles. The second-order valence-electron chi connectivity index (χ2n) is 29.8. The quantitative estimate of drug-likeness (QED) is 0.0425. The van der Waals surface area contributed by atoms with Crippen LogP contribution in [0.3, 0.4) is 0 Å². The molecule has 16 heteroatoms. The Balaban J connectivity index is 0.000000176. The summed E-state index contributed by atoms with van der Waals surface area (Å²) in [5.41, 5.74) is 11.5. The van der Waals surface area contributed by atoms with Gasteiger partial charge in [0.05, 0.1) is 211 Å². The average Bonchev–Trinajstić information content (AvgIpc) is 0.887. The molecular weight excluding hydrogens is 1190 g/mol. The molecule has 8 fully saturated rings. The molecule has 12 rings (SSSR count). The Morgan fingerprint density at radius 1 is 0.245 bits per heavy atom. The second-order valence-corrected chi connectivity index (χ2v) is 29.8. The minimum Gasteiger partial charge on any atom is -0.380 e. The first-order valence-corrected chi connectivity index (χ1v) is 34.1. The average molecular weight is 1310 g/mol. The lowest BCUT2D eigenvalue weighted by atomic mass is 9.84. The smallest absolute Gasteiger partial charge is 0.0717 e. The van der Waals surface area contributed by atoms with Crippen molar-refractivity contribution in [1.29, 1.82) is 0 Å². The van der Waals surface area contributed by atoms with Gasteiger partial charge in [-0.25, -0.2) is 0 Å². The Kier molecular flexibility index (Phi) is 30.9. The number of hydrogen-bond acceptors (Lipinski definition) is 16. The third-order valence-corrected chi connectivity index (χ3v) is 19.5. The Hall–Kier alpha value is -3.76. The van der Waals surface area contributed by atoms with Crippen LogP contribution in [-0.2, 0) is 129 Å². The lowest BCUT2D eigenvalue weighted by molar-refractivity contribution is -0.152. The van der Waals surface area contributed by atoms with Gasteiger partial charge >= 0.3 is 0 Å². The maximum Gasteiger partial charge on any atom is 0.0717 e. The highest BCUT2D eigenvalue weighted by Crippen LogP contribution is 2.36. The maximum absolute atomic E-state index is 5.94. The predicted molar refractivity (Wildman–Crippen MR) is 366 cm³/mol. The normalized spacial score (nSPS) is 21.0. The van der Waals surface area contributed by atoms with E-state index in [4.69, 9.17) is 75.8 Å². The molecule has 528 valence electrons. The summed E-state index contributed by atoms with van der Waals surface area (Å²) in [6.45, 7) is 42.2. The van der Waals surface area contributed by atoms with Crippen molar-refractivity contribution in [3.05, 3.63) is 142 Å². The lowest BCUT2D eigenvalue weighted by Gasteiger charge is -2.40. The van der Waals surface area contributed by atoms with Crippen molar-refractivity contribution in [2.45, 2.75) is 149 Å². The van der Waals surface area contributed by atoms with Crippen LogP contribution < -0.4 is 0 Å². The number of hydrogen-bond donors (Lipinski definition) is 0. The van der Waals surface area contributed by atoms with E-state index in [1.165, 1.54) is 44.5 Å². The highest BCUT2D eigenvalue weighted by atomic mass is 16.6. The molecule has 0 spiro atoms. The van der Waals surface area contributed by atoms with Gasteiger partial charge in [0, 0.05) is 43.3 Å². The highest BCUT2D eigenvalue weighted by Gasteiger charge is 2.41. The van der Waals surface area contributed by atoms with Crippen molar-refractivity contribution in [2.75, 3.05) is 159 Å². The van der Waals surface area contributed by atoms with E-state index in [9.17, 15) is 0 Å². The zero-order chi connectivity index (χ0) is 64.7. The zero-order valence-electron chi connectivity index (χ0n) is 57.2. The van der Waals surface area contributed by atoms with Gasteiger partial charge in [-0.05, 0) is 70.2 Å². The summed E-state index contributed by atoms with van der Waals surface area (Å²) in [6.07, 6.45) is 4.47. The summed E-state index contributed by atoms with van der Waals surface area (Å²) >= 11 is 0. The molecule has 8 aliphatic heterocycles. The fourth-order valence-corrected chi connectivity index (χ4v) is 11.5. The predicted octanol–water partition coefficient (Wildman–Crippen LogP) is 14.0. The molecule has 4 aromatic rings. The van der Waals surface area contributed by atoms with Crippen LogP contribution in [0.4, 0.5) is 0 Å². The van der Waals surface area contributed by atoms with E-state index in [0.717, 1.165) is 184 Å². The van der Waals surface area contributed by atoms with Gasteiger partial charge in [-0.15, -0.1) is 0 Å². The third kappa shape index (κ3) is 23.7. The molecule has 0 bridgehead atoms. The van der Waals surface area contributed by atoms with Crippen LogP contribution in [0.25, 0.3) is 0 Å². The molecule has 16 nitrogen and oxygen atoms in total. The van der Waals surface area contributed by atoms with Crippen molar-refractivity contribution in [3.8, 4) is 0 Å². The van der Waals surface area contributed by atoms with Gasteiger partial charge in [0.1, 0.15) is 0 Å². The van der Waals surface area contributed by atoms with E-state index < -0.39 is 0 Å². The van der Waals surface area contributed by atoms with Gasteiger partial charge in [0.25, 0.3) is 0 Å². The first-order chi connectivity index (χ1) is 44.5. The topological polar surface area (TPSA) is 148 Å². The van der Waals surface area contributed by atoms with Crippen molar-refractivity contribution >= 4 is 0 Å². The van der Waals surface area contributed by atoms with Crippen LogP contribution in [-0.4, -0.2) is 159 Å². The molecule has 0 atom stereocenters. The van der Waals surface area contributed by atoms with E-state index >= 15 is 0 Å². The molecule has 4 aromatic carbocycles. The third-order valence-electron chi connectivity index (χ3n) is 19.5. The van der Waals surface area contributed by atoms with Crippen molar-refractivity contribution in [1.82, 2.24) is 0 Å². The van der Waals surface area contributed by atoms with Crippen LogP contribution in [0.15, 0.2) is 97.1 Å². The molecule has 0 aliphatic carbocycles. The van der Waals surface area contributed by atoms with Crippen LogP contribution in [0.2, 0.25) is 0 Å². The van der Waals surface area contributed by atoms with Gasteiger partial charge in [-0.1, -0.05) is 167 Å². The van der Waals surface area contributed by atoms with Crippen LogP contribution in [0, 0.1) is 43.3 Å². The number of benzene rings is 4. The molecule has 0 amide bonds. The Bertz CT molecular complexity index is 2540. The van der Waals surface area contributed by atoms with Gasteiger partial charge in [0.15, 0.2) is 0 Å². The van der Waals surface area contributed by atoms with Gasteiger partial charge < -0.3 is 75.8 Å². The van der Waals surface area contributed by atoms with E-state index in [0.29, 0.717) is 52.9 Å². The van der Waals surface area contributed by atoms with E-state index in [1.54, 1.807) is 0 Å². The number of ether oxygens (including phenoxy) is 16. The SMILES string of the molecule is C.C.CC1(COCc2ccc(COCC3(C)COC3)cc2)COC1.CC1(COCc2cccc(COCC3(C)COC3)c2)COC1.CCC1(COCc2ccc(COCC3(CC)COC3)cc2)COC1.CCC1(COCc2cccc(COCC3(CC)COC3)c2)COC1. The Morgan fingerprint density at radius 2 is 0.415 bits per heavy atom. The van der Waals surface area contributed by atoms with Gasteiger partial charge in [0.2, 0.25) is 0 Å². The summed E-state index contributed by atoms with van der Waals surface area (Å²) in [5.74, 6) is 0. The fraction of sp³-hybridized carbons (Fsp3) is 0.692. The second kappa shape index (κ2) is 37.4. The summed E-state index contributed by atoms with van der Waals surface area (Å²) in [5, 5.41) is 0. The van der Waals surface area contributed by atoms with Crippen LogP contribution >= 0.6 is 0 Å². The van der Waals surface area contributed by atoms with Crippen molar-refractivity contribution in [2.24, 2.45) is 43.3 Å². The molecule has 8 heterocycles. The maximum atomic E-state index is 5.94. The summed E-state index contributed by atoms with van der Waals surface area (Å²) in [4.78, 5) is 0. The molecule has 94 heavy (non-hydrogen) atoms. The standard InChI is InChI=1S/2C20H30O4.2C18H26O4.2CH4/c1-3-19(13-23-14-19)11-21-9-17-5-7-18(8-6-17)10-22-12-20(4-2)15-24-16-20;1-3-19(13-23-14-19)11-21-9-17-6-5-7-18(8-17)10-22-12-20(4-2)15-24-16-20;1-17(11-21-12-17)9-19-7-15-3-5-16(6-4-15)8-20-10-18(2)13-22-14-18;1-17(11-21-12-17)9-19-7-15-4-3-5-16(6-15)8-20-10-18(2)13-22-14-18;;/h2*5-8H,3-4,9-16H2,1-2H3;2*3-6H,7-14H2,1-2H3;2*1H4. The van der Waals surface area contributed by atoms with Gasteiger partial charge in [-0.3, -0.25) is 0 Å². The van der Waals surface area contributed by atoms with E-state index in [2.05, 4.69) is 152 Å². The largest absolute Gasteiger partial charge is 0.380 e.